The van der Waals surface area contributed by atoms with Gasteiger partial charge >= 0.3 is 5.97 Å². The first kappa shape index (κ1) is 21.3. The molecule has 0 unspecified atom stereocenters. The van der Waals surface area contributed by atoms with Gasteiger partial charge in [0.2, 0.25) is 22.0 Å². The third kappa shape index (κ3) is 4.15. The molecule has 0 aliphatic carbocycles. The fourth-order valence-electron chi connectivity index (χ4n) is 4.02. The Hall–Kier alpha value is -2.91. The lowest BCUT2D eigenvalue weighted by Crippen LogP contribution is -2.52. The Labute approximate surface area is 181 Å². The zero-order valence-electron chi connectivity index (χ0n) is 17.1. The number of hydrogen-bond acceptors (Lipinski definition) is 6. The molecule has 2 atom stereocenters. The molecular weight excluding hydrogens is 420 g/mol. The quantitative estimate of drug-likeness (QED) is 0.670. The van der Waals surface area contributed by atoms with E-state index < -0.39 is 28.0 Å². The molecule has 2 heterocycles. The van der Waals surface area contributed by atoms with Crippen molar-refractivity contribution in [3.8, 4) is 5.75 Å². The molecule has 0 bridgehead atoms. The van der Waals surface area contributed by atoms with Crippen LogP contribution in [-0.4, -0.2) is 57.4 Å². The van der Waals surface area contributed by atoms with Crippen LogP contribution in [0.3, 0.4) is 0 Å². The van der Waals surface area contributed by atoms with Gasteiger partial charge < -0.3 is 14.4 Å². The number of amides is 1. The molecule has 9 heteroatoms. The fourth-order valence-corrected chi connectivity index (χ4v) is 5.57. The first-order valence-electron chi connectivity index (χ1n) is 10.1. The monoisotopic (exact) mass is 444 g/mol. The number of benzene rings is 2. The molecule has 0 spiro atoms. The molecule has 1 saturated heterocycles. The van der Waals surface area contributed by atoms with Gasteiger partial charge in [-0.1, -0.05) is 30.3 Å². The van der Waals surface area contributed by atoms with Gasteiger partial charge in [-0.3, -0.25) is 4.79 Å². The van der Waals surface area contributed by atoms with E-state index in [9.17, 15) is 18.0 Å². The van der Waals surface area contributed by atoms with Gasteiger partial charge in [-0.15, -0.1) is 0 Å². The number of hydrogen-bond donors (Lipinski definition) is 0. The summed E-state index contributed by atoms with van der Waals surface area (Å²) >= 11 is 0. The first-order valence-corrected chi connectivity index (χ1v) is 11.6. The Balaban J connectivity index is 1.58. The number of piperidine rings is 1. The van der Waals surface area contributed by atoms with Crippen molar-refractivity contribution < 1.29 is 27.5 Å². The van der Waals surface area contributed by atoms with Crippen molar-refractivity contribution in [2.45, 2.75) is 23.8 Å². The molecule has 2 aliphatic rings. The van der Waals surface area contributed by atoms with Gasteiger partial charge in [0.1, 0.15) is 5.75 Å². The van der Waals surface area contributed by atoms with Crippen LogP contribution in [0.25, 0.3) is 0 Å². The van der Waals surface area contributed by atoms with E-state index in [-0.39, 0.29) is 23.9 Å². The second-order valence-electron chi connectivity index (χ2n) is 7.56. The van der Waals surface area contributed by atoms with E-state index in [2.05, 4.69) is 0 Å². The molecule has 1 amide bonds. The average Bonchev–Trinajstić information content (AvgIpc) is 2.83. The smallest absolute Gasteiger partial charge is 0.348 e. The Morgan fingerprint density at radius 1 is 1.03 bits per heavy atom. The minimum Gasteiger partial charge on any atom is -0.475 e. The van der Waals surface area contributed by atoms with Gasteiger partial charge in [-0.25, -0.2) is 13.2 Å². The standard InChI is InChI=1S/C22H24N2O6S/c1-29-22(26)20-15-24(18-11-5-6-12-19(18)30-20)21(25)16-8-7-13-23(14-16)31(27,28)17-9-3-2-4-10-17/h2-6,9-12,16,20H,7-8,13-15H2,1H3/t16-,20+/m1/s1. The number of fused-ring (bicyclic) bond motifs is 1. The number of para-hydroxylation sites is 2. The lowest BCUT2D eigenvalue weighted by molar-refractivity contribution is -0.148. The van der Waals surface area contributed by atoms with E-state index in [0.29, 0.717) is 30.8 Å². The molecule has 31 heavy (non-hydrogen) atoms. The van der Waals surface area contributed by atoms with Gasteiger partial charge in [0.05, 0.1) is 30.2 Å². The summed E-state index contributed by atoms with van der Waals surface area (Å²) in [6.07, 6.45) is 0.216. The highest BCUT2D eigenvalue weighted by Crippen LogP contribution is 2.35. The van der Waals surface area contributed by atoms with Crippen molar-refractivity contribution >= 4 is 27.6 Å². The van der Waals surface area contributed by atoms with E-state index >= 15 is 0 Å². The Kier molecular flexibility index (Phi) is 5.97. The van der Waals surface area contributed by atoms with E-state index in [1.165, 1.54) is 16.3 Å². The number of nitrogens with zero attached hydrogens (tertiary/aromatic N) is 2. The van der Waals surface area contributed by atoms with Gasteiger partial charge in [-0.2, -0.15) is 4.31 Å². The Bertz CT molecular complexity index is 1070. The van der Waals surface area contributed by atoms with Crippen LogP contribution < -0.4 is 9.64 Å². The Morgan fingerprint density at radius 2 is 1.74 bits per heavy atom. The normalized spacial score (nSPS) is 21.6. The highest BCUT2D eigenvalue weighted by atomic mass is 32.2. The van der Waals surface area contributed by atoms with Gasteiger partial charge in [0, 0.05) is 13.1 Å². The zero-order valence-corrected chi connectivity index (χ0v) is 18.0. The molecule has 0 N–H and O–H groups in total. The number of methoxy groups -OCH3 is 1. The molecule has 2 aromatic rings. The van der Waals surface area contributed by atoms with Crippen LogP contribution in [0.2, 0.25) is 0 Å². The van der Waals surface area contributed by atoms with Crippen LogP contribution in [-0.2, 0) is 24.3 Å². The third-order valence-electron chi connectivity index (χ3n) is 5.62. The van der Waals surface area contributed by atoms with Crippen LogP contribution in [0.15, 0.2) is 59.5 Å². The molecule has 0 aromatic heterocycles. The number of sulfonamides is 1. The van der Waals surface area contributed by atoms with E-state index in [0.717, 1.165) is 0 Å². The maximum atomic E-state index is 13.5. The SMILES string of the molecule is COC(=O)[C@@H]1CN(C(=O)[C@@H]2CCCN(S(=O)(=O)c3ccccc3)C2)c2ccccc2O1. The second kappa shape index (κ2) is 8.68. The van der Waals surface area contributed by atoms with Crippen LogP contribution in [0.1, 0.15) is 12.8 Å². The summed E-state index contributed by atoms with van der Waals surface area (Å²) in [6.45, 7) is 0.481. The number of carbonyl (C=O) groups is 2. The second-order valence-corrected chi connectivity index (χ2v) is 9.50. The predicted octanol–water partition coefficient (Wildman–Crippen LogP) is 2.05. The summed E-state index contributed by atoms with van der Waals surface area (Å²) in [4.78, 5) is 27.3. The minimum absolute atomic E-state index is 0.0183. The molecular formula is C22H24N2O6S. The van der Waals surface area contributed by atoms with Gasteiger partial charge in [-0.05, 0) is 37.1 Å². The summed E-state index contributed by atoms with van der Waals surface area (Å²) in [5, 5.41) is 0. The fraction of sp³-hybridized carbons (Fsp3) is 0.364. The molecule has 2 aromatic carbocycles. The van der Waals surface area contributed by atoms with Crippen molar-refractivity contribution in [2.75, 3.05) is 31.6 Å². The topological polar surface area (TPSA) is 93.2 Å². The summed E-state index contributed by atoms with van der Waals surface area (Å²) in [6, 6.07) is 15.2. The van der Waals surface area contributed by atoms with Crippen molar-refractivity contribution in [1.82, 2.24) is 4.31 Å². The average molecular weight is 445 g/mol. The van der Waals surface area contributed by atoms with E-state index in [4.69, 9.17) is 9.47 Å². The van der Waals surface area contributed by atoms with Crippen molar-refractivity contribution in [3.63, 3.8) is 0 Å². The molecule has 4 rings (SSSR count). The van der Waals surface area contributed by atoms with Gasteiger partial charge in [0.25, 0.3) is 0 Å². The predicted molar refractivity (Wildman–Crippen MR) is 113 cm³/mol. The lowest BCUT2D eigenvalue weighted by Gasteiger charge is -2.38. The summed E-state index contributed by atoms with van der Waals surface area (Å²) in [7, 11) is -2.41. The Morgan fingerprint density at radius 3 is 2.48 bits per heavy atom. The number of esters is 1. The van der Waals surface area contributed by atoms with Crippen molar-refractivity contribution in [2.24, 2.45) is 5.92 Å². The summed E-state index contributed by atoms with van der Waals surface area (Å²) in [5.74, 6) is -0.888. The van der Waals surface area contributed by atoms with Gasteiger partial charge in [0.15, 0.2) is 0 Å². The van der Waals surface area contributed by atoms with Crippen molar-refractivity contribution in [1.29, 1.82) is 0 Å². The maximum Gasteiger partial charge on any atom is 0.348 e. The lowest BCUT2D eigenvalue weighted by atomic mass is 9.97. The zero-order chi connectivity index (χ0) is 22.0. The van der Waals surface area contributed by atoms with Crippen LogP contribution in [0, 0.1) is 5.92 Å². The van der Waals surface area contributed by atoms with E-state index in [1.54, 1.807) is 54.6 Å². The number of anilines is 1. The van der Waals surface area contributed by atoms with E-state index in [1.807, 2.05) is 0 Å². The third-order valence-corrected chi connectivity index (χ3v) is 7.50. The van der Waals surface area contributed by atoms with Crippen LogP contribution >= 0.6 is 0 Å². The highest BCUT2D eigenvalue weighted by Gasteiger charge is 2.40. The molecule has 0 radical (unpaired) electrons. The van der Waals surface area contributed by atoms with Crippen LogP contribution in [0.4, 0.5) is 5.69 Å². The molecule has 0 saturated carbocycles. The number of ether oxygens (including phenoxy) is 2. The molecule has 2 aliphatic heterocycles. The summed E-state index contributed by atoms with van der Waals surface area (Å²) < 4.78 is 37.9. The maximum absolute atomic E-state index is 13.5. The first-order chi connectivity index (χ1) is 14.9. The minimum atomic E-state index is -3.68. The number of rotatable bonds is 4. The van der Waals surface area contributed by atoms with Crippen molar-refractivity contribution in [3.05, 3.63) is 54.6 Å². The highest BCUT2D eigenvalue weighted by molar-refractivity contribution is 7.89. The largest absolute Gasteiger partial charge is 0.475 e. The number of carbonyl (C=O) groups excluding carboxylic acids is 2. The molecule has 164 valence electrons. The summed E-state index contributed by atoms with van der Waals surface area (Å²) in [5.41, 5.74) is 0.565. The van der Waals surface area contributed by atoms with Crippen LogP contribution in [0.5, 0.6) is 5.75 Å². The molecule has 8 nitrogen and oxygen atoms in total. The molecule has 1 fully saturated rings.